The molecular formula is C13H31NOS3Si. The molecule has 0 aromatic heterocycles. The third-order valence-electron chi connectivity index (χ3n) is 4.16. The van der Waals surface area contributed by atoms with Crippen LogP contribution >= 0.6 is 31.6 Å². The first kappa shape index (κ1) is 20.2. The van der Waals surface area contributed by atoms with Crippen molar-refractivity contribution in [3.05, 3.63) is 0 Å². The summed E-state index contributed by atoms with van der Waals surface area (Å²) >= 11 is 0. The highest BCUT2D eigenvalue weighted by molar-refractivity contribution is 9.09. The highest BCUT2D eigenvalue weighted by Crippen LogP contribution is 2.51. The van der Waals surface area contributed by atoms with Gasteiger partial charge in [0, 0.05) is 25.5 Å². The van der Waals surface area contributed by atoms with E-state index in [1.807, 2.05) is 17.7 Å². The fourth-order valence-electron chi connectivity index (χ4n) is 3.24. The molecule has 0 heterocycles. The van der Waals surface area contributed by atoms with Crippen LogP contribution in [0, 0.1) is 11.8 Å². The summed E-state index contributed by atoms with van der Waals surface area (Å²) < 4.78 is 0. The van der Waals surface area contributed by atoms with Gasteiger partial charge in [0.05, 0.1) is 6.61 Å². The van der Waals surface area contributed by atoms with Gasteiger partial charge in [-0.15, -0.1) is 4.89 Å². The second kappa shape index (κ2) is 10.8. The molecule has 0 fully saturated rings. The zero-order valence-electron chi connectivity index (χ0n) is 13.5. The summed E-state index contributed by atoms with van der Waals surface area (Å²) in [6, 6.07) is 0. The maximum absolute atomic E-state index is 5.08. The van der Waals surface area contributed by atoms with Crippen LogP contribution in [0.5, 0.6) is 0 Å². The van der Waals surface area contributed by atoms with Crippen molar-refractivity contribution >= 4 is 40.4 Å². The van der Waals surface area contributed by atoms with Crippen molar-refractivity contribution in [1.82, 2.24) is 4.89 Å². The highest BCUT2D eigenvalue weighted by Gasteiger charge is 2.39. The number of hydrogen-bond donors (Lipinski definition) is 1. The van der Waals surface area contributed by atoms with Crippen LogP contribution in [0.25, 0.3) is 0 Å². The average Bonchev–Trinajstić information content (AvgIpc) is 2.31. The Labute approximate surface area is 133 Å². The van der Waals surface area contributed by atoms with E-state index in [0.29, 0.717) is 11.6 Å². The zero-order valence-corrected chi connectivity index (χ0v) is 17.1. The predicted octanol–water partition coefficient (Wildman–Crippen LogP) is 5.40. The maximum Gasteiger partial charge on any atom is 0.0665 e. The van der Waals surface area contributed by atoms with Gasteiger partial charge in [-0.3, -0.25) is 4.84 Å². The monoisotopic (exact) mass is 341 g/mol. The van der Waals surface area contributed by atoms with Crippen molar-refractivity contribution in [1.29, 1.82) is 0 Å². The van der Waals surface area contributed by atoms with Gasteiger partial charge < -0.3 is 0 Å². The first-order chi connectivity index (χ1) is 8.89. The molecule has 0 bridgehead atoms. The SMILES string of the molecule is CCONSSSCCC(C(C)C)(C(C)C)[SiH](C)C. The Morgan fingerprint density at radius 2 is 1.74 bits per heavy atom. The van der Waals surface area contributed by atoms with Crippen LogP contribution in [0.1, 0.15) is 41.0 Å². The molecule has 0 spiro atoms. The topological polar surface area (TPSA) is 21.3 Å². The van der Waals surface area contributed by atoms with Crippen molar-refractivity contribution < 1.29 is 4.84 Å². The number of hydrogen-bond acceptors (Lipinski definition) is 5. The maximum atomic E-state index is 5.08. The zero-order chi connectivity index (χ0) is 14.9. The Morgan fingerprint density at radius 1 is 1.16 bits per heavy atom. The van der Waals surface area contributed by atoms with Crippen LogP contribution in [0.15, 0.2) is 0 Å². The molecule has 0 atom stereocenters. The molecular weight excluding hydrogens is 310 g/mol. The van der Waals surface area contributed by atoms with Crippen molar-refractivity contribution in [2.45, 2.75) is 59.2 Å². The van der Waals surface area contributed by atoms with Crippen LogP contribution in [0.4, 0.5) is 0 Å². The number of rotatable bonds is 11. The average molecular weight is 342 g/mol. The van der Waals surface area contributed by atoms with E-state index in [1.54, 1.807) is 20.8 Å². The van der Waals surface area contributed by atoms with Crippen LogP contribution < -0.4 is 4.89 Å². The quantitative estimate of drug-likeness (QED) is 0.178. The van der Waals surface area contributed by atoms with E-state index >= 15 is 0 Å². The van der Waals surface area contributed by atoms with Crippen LogP contribution in [-0.4, -0.2) is 21.2 Å². The molecule has 0 rings (SSSR count). The summed E-state index contributed by atoms with van der Waals surface area (Å²) in [5, 5.41) is 0.589. The lowest BCUT2D eigenvalue weighted by Crippen LogP contribution is -2.37. The Kier molecular flexibility index (Phi) is 11.5. The summed E-state index contributed by atoms with van der Waals surface area (Å²) in [7, 11) is 4.62. The first-order valence-corrected chi connectivity index (χ1v) is 13.7. The molecule has 0 aromatic rings. The molecule has 0 saturated heterocycles. The predicted molar refractivity (Wildman–Crippen MR) is 98.3 cm³/mol. The molecule has 0 amide bonds. The Bertz CT molecular complexity index is 206. The van der Waals surface area contributed by atoms with Crippen molar-refractivity contribution in [3.63, 3.8) is 0 Å². The second-order valence-corrected chi connectivity index (χ2v) is 13.2. The largest absolute Gasteiger partial charge is 0.291 e. The molecule has 6 heteroatoms. The van der Waals surface area contributed by atoms with Crippen molar-refractivity contribution in [2.24, 2.45) is 11.8 Å². The summed E-state index contributed by atoms with van der Waals surface area (Å²) in [5.41, 5.74) is 0. The van der Waals surface area contributed by atoms with Crippen LogP contribution in [0.2, 0.25) is 18.1 Å². The standard InChI is InChI=1S/C13H31NOS3Si/c1-8-15-14-17-18-16-10-9-13(11(2)3,12(4)5)19(6)7/h11-12,14,19H,8-10H2,1-7H3. The molecule has 1 N–H and O–H groups in total. The van der Waals surface area contributed by atoms with Crippen LogP contribution in [0.3, 0.4) is 0 Å². The Hall–Kier alpha value is 1.19. The van der Waals surface area contributed by atoms with Gasteiger partial charge in [0.25, 0.3) is 0 Å². The van der Waals surface area contributed by atoms with Gasteiger partial charge in [-0.25, -0.2) is 0 Å². The minimum absolute atomic E-state index is 0.589. The molecule has 0 aromatic carbocycles. The van der Waals surface area contributed by atoms with Gasteiger partial charge in [-0.1, -0.05) is 51.6 Å². The van der Waals surface area contributed by atoms with E-state index in [9.17, 15) is 0 Å². The van der Waals surface area contributed by atoms with E-state index in [2.05, 4.69) is 45.7 Å². The molecule has 0 radical (unpaired) electrons. The van der Waals surface area contributed by atoms with E-state index in [-0.39, 0.29) is 0 Å². The highest BCUT2D eigenvalue weighted by atomic mass is 33.5. The van der Waals surface area contributed by atoms with E-state index < -0.39 is 8.80 Å². The summed E-state index contributed by atoms with van der Waals surface area (Å²) in [4.78, 5) is 7.95. The molecule has 19 heavy (non-hydrogen) atoms. The van der Waals surface area contributed by atoms with E-state index in [1.165, 1.54) is 12.2 Å². The summed E-state index contributed by atoms with van der Waals surface area (Å²) in [6.45, 7) is 17.4. The van der Waals surface area contributed by atoms with Crippen LogP contribution in [-0.2, 0) is 4.84 Å². The van der Waals surface area contributed by atoms with E-state index in [4.69, 9.17) is 4.84 Å². The van der Waals surface area contributed by atoms with Gasteiger partial charge in [-0.05, 0) is 40.0 Å². The Morgan fingerprint density at radius 3 is 2.16 bits per heavy atom. The van der Waals surface area contributed by atoms with E-state index in [0.717, 1.165) is 11.8 Å². The summed E-state index contributed by atoms with van der Waals surface area (Å²) in [5.74, 6) is 2.81. The molecule has 2 nitrogen and oxygen atoms in total. The smallest absolute Gasteiger partial charge is 0.0665 e. The normalized spacial score (nSPS) is 12.9. The summed E-state index contributed by atoms with van der Waals surface area (Å²) in [6.07, 6.45) is 1.35. The molecule has 0 aliphatic heterocycles. The minimum atomic E-state index is -0.677. The lowest BCUT2D eigenvalue weighted by Gasteiger charge is -2.45. The first-order valence-electron chi connectivity index (χ1n) is 7.21. The van der Waals surface area contributed by atoms with Crippen molar-refractivity contribution in [3.8, 4) is 0 Å². The number of nitrogens with one attached hydrogen (secondary N) is 1. The van der Waals surface area contributed by atoms with Gasteiger partial charge in [-0.2, -0.15) is 0 Å². The molecule has 0 saturated carbocycles. The third-order valence-corrected chi connectivity index (χ3v) is 11.3. The molecule has 0 unspecified atom stereocenters. The van der Waals surface area contributed by atoms with Gasteiger partial charge in [0.15, 0.2) is 0 Å². The van der Waals surface area contributed by atoms with Crippen molar-refractivity contribution in [2.75, 3.05) is 12.4 Å². The Balaban J connectivity index is 4.14. The van der Waals surface area contributed by atoms with Gasteiger partial charge in [0.2, 0.25) is 0 Å². The minimum Gasteiger partial charge on any atom is -0.291 e. The molecule has 0 aliphatic rings. The lowest BCUT2D eigenvalue weighted by molar-refractivity contribution is 0.115. The lowest BCUT2D eigenvalue weighted by atomic mass is 9.82. The molecule has 0 aliphatic carbocycles. The second-order valence-electron chi connectivity index (χ2n) is 5.82. The van der Waals surface area contributed by atoms with Gasteiger partial charge >= 0.3 is 0 Å². The fraction of sp³-hybridized carbons (Fsp3) is 1.00. The fourth-order valence-corrected chi connectivity index (χ4v) is 9.71. The molecule has 116 valence electrons. The third kappa shape index (κ3) is 6.65. The van der Waals surface area contributed by atoms with Gasteiger partial charge in [0.1, 0.15) is 0 Å².